The van der Waals surface area contributed by atoms with Crippen molar-refractivity contribution in [2.24, 2.45) is 4.99 Å². The van der Waals surface area contributed by atoms with Crippen molar-refractivity contribution in [1.82, 2.24) is 4.98 Å². The third-order valence-corrected chi connectivity index (χ3v) is 4.09. The summed E-state index contributed by atoms with van der Waals surface area (Å²) in [6.45, 7) is 4.78. The zero-order valence-electron chi connectivity index (χ0n) is 14.9. The summed E-state index contributed by atoms with van der Waals surface area (Å²) in [5.41, 5.74) is 2.78. The van der Waals surface area contributed by atoms with Gasteiger partial charge in [0, 0.05) is 46.0 Å². The summed E-state index contributed by atoms with van der Waals surface area (Å²) >= 11 is 0. The third-order valence-electron chi connectivity index (χ3n) is 4.09. The summed E-state index contributed by atoms with van der Waals surface area (Å²) < 4.78 is 25.6. The Hall–Kier alpha value is -1.98. The first-order valence-corrected chi connectivity index (χ1v) is 8.28. The van der Waals surface area contributed by atoms with Gasteiger partial charge in [0.05, 0.1) is 11.4 Å². The number of fused-ring (bicyclic) bond motifs is 1. The second-order valence-electron chi connectivity index (χ2n) is 6.51. The quantitative estimate of drug-likeness (QED) is 0.771. The second kappa shape index (κ2) is 7.73. The molecule has 0 saturated heterocycles. The zero-order chi connectivity index (χ0) is 17.7. The molecule has 0 aliphatic carbocycles. The van der Waals surface area contributed by atoms with Crippen LogP contribution in [0.25, 0.3) is 5.57 Å². The molecule has 24 heavy (non-hydrogen) atoms. The van der Waals surface area contributed by atoms with Crippen LogP contribution in [-0.4, -0.2) is 44.3 Å². The Kier molecular flexibility index (Phi) is 5.91. The number of hydrogen-bond donors (Lipinski definition) is 0. The lowest BCUT2D eigenvalue weighted by Gasteiger charge is -2.30. The van der Waals surface area contributed by atoms with Crippen LogP contribution in [0.15, 0.2) is 23.3 Å². The summed E-state index contributed by atoms with van der Waals surface area (Å²) in [5, 5.41) is 0. The van der Waals surface area contributed by atoms with Crippen molar-refractivity contribution in [3.63, 3.8) is 0 Å². The molecule has 6 heteroatoms. The van der Waals surface area contributed by atoms with Gasteiger partial charge in [0.2, 0.25) is 5.92 Å². The van der Waals surface area contributed by atoms with Crippen LogP contribution in [0.4, 0.5) is 20.3 Å². The fraction of sp³-hybridized carbons (Fsp3) is 0.556. The highest BCUT2D eigenvalue weighted by Crippen LogP contribution is 2.30. The molecule has 0 aromatic carbocycles. The number of aliphatic imine (C=N–C) groups is 1. The summed E-state index contributed by atoms with van der Waals surface area (Å²) in [5.74, 6) is -1.77. The number of pyridine rings is 1. The van der Waals surface area contributed by atoms with Crippen molar-refractivity contribution in [3.05, 3.63) is 24.0 Å². The van der Waals surface area contributed by atoms with E-state index in [0.29, 0.717) is 0 Å². The molecular formula is C18H26F2N4. The Morgan fingerprint density at radius 1 is 1.25 bits per heavy atom. The Morgan fingerprint density at radius 3 is 2.58 bits per heavy atom. The molecule has 1 aromatic heterocycles. The minimum Gasteiger partial charge on any atom is -0.372 e. The molecule has 0 spiro atoms. The van der Waals surface area contributed by atoms with Gasteiger partial charge in [-0.25, -0.2) is 13.8 Å². The number of anilines is 2. The van der Waals surface area contributed by atoms with Crippen molar-refractivity contribution in [1.29, 1.82) is 0 Å². The van der Waals surface area contributed by atoms with E-state index in [-0.39, 0.29) is 6.42 Å². The highest BCUT2D eigenvalue weighted by molar-refractivity contribution is 5.72. The van der Waals surface area contributed by atoms with Gasteiger partial charge < -0.3 is 9.80 Å². The van der Waals surface area contributed by atoms with Crippen molar-refractivity contribution >= 4 is 23.3 Å². The first-order valence-electron chi connectivity index (χ1n) is 8.28. The van der Waals surface area contributed by atoms with Crippen molar-refractivity contribution in [2.75, 3.05) is 37.0 Å². The van der Waals surface area contributed by atoms with Crippen LogP contribution in [0, 0.1) is 0 Å². The maximum Gasteiger partial charge on any atom is 0.250 e. The maximum atomic E-state index is 12.8. The lowest BCUT2D eigenvalue weighted by molar-refractivity contribution is 0.0314. The molecule has 0 bridgehead atoms. The van der Waals surface area contributed by atoms with Gasteiger partial charge in [0.1, 0.15) is 0 Å². The molecule has 132 valence electrons. The molecule has 1 aromatic rings. The Morgan fingerprint density at radius 2 is 1.92 bits per heavy atom. The van der Waals surface area contributed by atoms with Crippen LogP contribution < -0.4 is 9.80 Å². The standard InChI is InChI=1S/C18H26F2N4/c1-14(13-21-10-9-18(2,19)20)15-7-8-16-17(22-15)24(4)12-6-5-11-23(16)3/h7-8,10,13H,5-6,9,11-12H2,1-4H3/b14-13+,21-10-. The van der Waals surface area contributed by atoms with E-state index >= 15 is 0 Å². The lowest BCUT2D eigenvalue weighted by Crippen LogP contribution is -2.29. The Bertz CT molecular complexity index is 620. The van der Waals surface area contributed by atoms with Gasteiger partial charge in [-0.05, 0) is 44.4 Å². The first kappa shape index (κ1) is 18.4. The van der Waals surface area contributed by atoms with Gasteiger partial charge in [0.15, 0.2) is 5.82 Å². The van der Waals surface area contributed by atoms with Gasteiger partial charge in [-0.2, -0.15) is 0 Å². The molecule has 1 aliphatic rings. The molecule has 0 radical (unpaired) electrons. The summed E-state index contributed by atoms with van der Waals surface area (Å²) in [4.78, 5) is 13.1. The van der Waals surface area contributed by atoms with Gasteiger partial charge in [-0.1, -0.05) is 0 Å². The van der Waals surface area contributed by atoms with Gasteiger partial charge >= 0.3 is 0 Å². The fourth-order valence-electron chi connectivity index (χ4n) is 2.61. The number of hydrogen-bond acceptors (Lipinski definition) is 4. The molecule has 2 rings (SSSR count). The van der Waals surface area contributed by atoms with Crippen LogP contribution >= 0.6 is 0 Å². The smallest absolute Gasteiger partial charge is 0.250 e. The highest BCUT2D eigenvalue weighted by atomic mass is 19.3. The van der Waals surface area contributed by atoms with Crippen LogP contribution in [0.2, 0.25) is 0 Å². The molecule has 0 N–H and O–H groups in total. The van der Waals surface area contributed by atoms with Crippen molar-refractivity contribution in [2.45, 2.75) is 39.0 Å². The second-order valence-corrected chi connectivity index (χ2v) is 6.51. The summed E-state index contributed by atoms with van der Waals surface area (Å²) in [6.07, 6.45) is 4.78. The molecule has 0 unspecified atom stereocenters. The number of alkyl halides is 2. The minimum atomic E-state index is -2.72. The van der Waals surface area contributed by atoms with E-state index in [0.717, 1.165) is 55.6 Å². The molecule has 2 heterocycles. The topological polar surface area (TPSA) is 31.7 Å². The fourth-order valence-corrected chi connectivity index (χ4v) is 2.61. The van der Waals surface area contributed by atoms with Crippen molar-refractivity contribution < 1.29 is 8.78 Å². The lowest BCUT2D eigenvalue weighted by atomic mass is 10.1. The zero-order valence-corrected chi connectivity index (χ0v) is 14.9. The molecule has 1 aliphatic heterocycles. The Labute approximate surface area is 142 Å². The predicted molar refractivity (Wildman–Crippen MR) is 97.4 cm³/mol. The summed E-state index contributed by atoms with van der Waals surface area (Å²) in [6, 6.07) is 4.03. The number of rotatable bonds is 4. The minimum absolute atomic E-state index is 0.359. The largest absolute Gasteiger partial charge is 0.372 e. The van der Waals surface area contributed by atoms with Crippen LogP contribution in [0.5, 0.6) is 0 Å². The number of allylic oxidation sites excluding steroid dienone is 1. The number of nitrogens with zero attached hydrogens (tertiary/aromatic N) is 4. The number of halogens is 2. The first-order chi connectivity index (χ1) is 11.3. The highest BCUT2D eigenvalue weighted by Gasteiger charge is 2.19. The van der Waals surface area contributed by atoms with Crippen LogP contribution in [-0.2, 0) is 0 Å². The normalized spacial score (nSPS) is 17.0. The van der Waals surface area contributed by atoms with E-state index in [4.69, 9.17) is 4.98 Å². The average Bonchev–Trinajstić information content (AvgIpc) is 2.52. The van der Waals surface area contributed by atoms with Crippen LogP contribution in [0.1, 0.15) is 38.8 Å². The van der Waals surface area contributed by atoms with Gasteiger partial charge in [0.25, 0.3) is 0 Å². The van der Waals surface area contributed by atoms with E-state index in [9.17, 15) is 8.78 Å². The SMILES string of the molecule is C/C(=C\N=C/CC(C)(F)F)c1ccc2c(n1)N(C)CCCCN2C. The Balaban J connectivity index is 2.22. The monoisotopic (exact) mass is 336 g/mol. The van der Waals surface area contributed by atoms with E-state index < -0.39 is 5.92 Å². The van der Waals surface area contributed by atoms with E-state index in [1.807, 2.05) is 13.0 Å². The molecular weight excluding hydrogens is 310 g/mol. The van der Waals surface area contributed by atoms with Gasteiger partial charge in [-0.3, -0.25) is 4.99 Å². The van der Waals surface area contributed by atoms with E-state index in [1.165, 1.54) is 6.21 Å². The molecule has 0 fully saturated rings. The molecule has 0 atom stereocenters. The molecule has 4 nitrogen and oxygen atoms in total. The molecule has 0 saturated carbocycles. The third kappa shape index (κ3) is 5.01. The maximum absolute atomic E-state index is 12.8. The van der Waals surface area contributed by atoms with Crippen LogP contribution in [0.3, 0.4) is 0 Å². The molecule has 0 amide bonds. The van der Waals surface area contributed by atoms with E-state index in [2.05, 4.69) is 35.0 Å². The number of aromatic nitrogens is 1. The van der Waals surface area contributed by atoms with Crippen molar-refractivity contribution in [3.8, 4) is 0 Å². The summed E-state index contributed by atoms with van der Waals surface area (Å²) in [7, 11) is 4.13. The van der Waals surface area contributed by atoms with E-state index in [1.54, 1.807) is 6.20 Å². The average molecular weight is 336 g/mol. The van der Waals surface area contributed by atoms with Gasteiger partial charge in [-0.15, -0.1) is 0 Å². The predicted octanol–water partition coefficient (Wildman–Crippen LogP) is 4.22.